The maximum absolute atomic E-state index is 13.2. The van der Waals surface area contributed by atoms with Crippen LogP contribution in [0.15, 0.2) is 30.3 Å². The zero-order valence-electron chi connectivity index (χ0n) is 27.0. The molecule has 0 bridgehead atoms. The first-order chi connectivity index (χ1) is 20.7. The number of benzene rings is 1. The Morgan fingerprint density at radius 1 is 0.818 bits per heavy atom. The van der Waals surface area contributed by atoms with Gasteiger partial charge in [0.2, 0.25) is 11.6 Å². The lowest BCUT2D eigenvalue weighted by Gasteiger charge is -2.64. The molecule has 4 saturated carbocycles. The third kappa shape index (κ3) is 5.85. The van der Waals surface area contributed by atoms with Crippen molar-refractivity contribution in [1.82, 2.24) is 0 Å². The van der Waals surface area contributed by atoms with Crippen molar-refractivity contribution < 1.29 is 38.2 Å². The maximum Gasteiger partial charge on any atom is 0.302 e. The molecule has 8 nitrogen and oxygen atoms in total. The fourth-order valence-corrected chi connectivity index (χ4v) is 10.4. The standard InChI is InChI=1S/C36H48O8/c1-20(16-30(40)34(41)24-10-8-7-9-11-24)27-12-13-28-33-29(19-32(36(27,28)6)44-23(4)39)35(5)15-14-26(42-21(2)37)17-25(35)18-31(33)43-22(3)38/h7-11,20,25-29,31-33H,12-19H2,1-6H3/t20-,25-,26+,27-,28+,29+,31-,32-,33+,35+,36-/m1/s1. The van der Waals surface area contributed by atoms with Crippen molar-refractivity contribution in [3.05, 3.63) is 35.9 Å². The minimum Gasteiger partial charge on any atom is -0.463 e. The van der Waals surface area contributed by atoms with Crippen LogP contribution in [0.25, 0.3) is 0 Å². The minimum absolute atomic E-state index is 0.0496. The van der Waals surface area contributed by atoms with E-state index in [0.29, 0.717) is 18.4 Å². The summed E-state index contributed by atoms with van der Waals surface area (Å²) >= 11 is 0. The van der Waals surface area contributed by atoms with Crippen LogP contribution in [0.2, 0.25) is 0 Å². The van der Waals surface area contributed by atoms with Crippen LogP contribution in [0, 0.1) is 46.3 Å². The summed E-state index contributed by atoms with van der Waals surface area (Å²) in [5.74, 6) is -1.27. The predicted octanol–water partition coefficient (Wildman–Crippen LogP) is 6.14. The van der Waals surface area contributed by atoms with Crippen LogP contribution in [-0.4, -0.2) is 47.8 Å². The van der Waals surface area contributed by atoms with Crippen molar-refractivity contribution >= 4 is 29.5 Å². The molecule has 0 radical (unpaired) electrons. The highest BCUT2D eigenvalue weighted by Gasteiger charge is 2.67. The molecule has 0 amide bonds. The highest BCUT2D eigenvalue weighted by Crippen LogP contribution is 2.69. The van der Waals surface area contributed by atoms with Gasteiger partial charge in [0, 0.05) is 44.1 Å². The fourth-order valence-electron chi connectivity index (χ4n) is 10.4. The second-order valence-electron chi connectivity index (χ2n) is 14.6. The van der Waals surface area contributed by atoms with Gasteiger partial charge in [-0.15, -0.1) is 0 Å². The van der Waals surface area contributed by atoms with E-state index in [1.807, 2.05) is 13.0 Å². The Kier molecular flexibility index (Phi) is 9.12. The van der Waals surface area contributed by atoms with Gasteiger partial charge in [0.1, 0.15) is 18.3 Å². The molecule has 1 aromatic carbocycles. The third-order valence-electron chi connectivity index (χ3n) is 12.2. The van der Waals surface area contributed by atoms with E-state index >= 15 is 0 Å². The molecule has 1 aromatic rings. The van der Waals surface area contributed by atoms with Gasteiger partial charge < -0.3 is 14.2 Å². The highest BCUT2D eigenvalue weighted by atomic mass is 16.6. The Bertz CT molecular complexity index is 1290. The van der Waals surface area contributed by atoms with E-state index in [9.17, 15) is 24.0 Å². The van der Waals surface area contributed by atoms with Crippen LogP contribution in [0.1, 0.15) is 103 Å². The first kappa shape index (κ1) is 32.4. The largest absolute Gasteiger partial charge is 0.463 e. The SMILES string of the molecule is CC(=O)O[C@H]1CC[C@@]2(C)[C@H](C1)C[C@@H](OC(C)=O)[C@@H]1[C@@H]2C[C@@H](OC(C)=O)[C@]2(C)[C@@H]([C@H](C)CC(=O)C(=O)c3ccccc3)CC[C@@H]12. The van der Waals surface area contributed by atoms with Crippen LogP contribution in [0.3, 0.4) is 0 Å². The van der Waals surface area contributed by atoms with Crippen molar-refractivity contribution in [2.45, 2.75) is 111 Å². The van der Waals surface area contributed by atoms with Crippen LogP contribution in [0.5, 0.6) is 0 Å². The number of carbonyl (C=O) groups excluding carboxylic acids is 5. The molecule has 240 valence electrons. The molecule has 11 atom stereocenters. The van der Waals surface area contributed by atoms with E-state index in [4.69, 9.17) is 14.2 Å². The van der Waals surface area contributed by atoms with Gasteiger partial charge in [0.15, 0.2) is 0 Å². The van der Waals surface area contributed by atoms with Crippen molar-refractivity contribution in [3.63, 3.8) is 0 Å². The number of carbonyl (C=O) groups is 5. The number of ether oxygens (including phenoxy) is 3. The molecule has 4 aliphatic rings. The molecule has 0 spiro atoms. The summed E-state index contributed by atoms with van der Waals surface area (Å²) in [6.07, 6.45) is 4.82. The quantitative estimate of drug-likeness (QED) is 0.150. The van der Waals surface area contributed by atoms with Crippen LogP contribution in [-0.2, 0) is 33.4 Å². The topological polar surface area (TPSA) is 113 Å². The first-order valence-corrected chi connectivity index (χ1v) is 16.4. The summed E-state index contributed by atoms with van der Waals surface area (Å²) in [4.78, 5) is 63.0. The molecule has 5 rings (SSSR count). The molecule has 0 aromatic heterocycles. The molecule has 0 aliphatic heterocycles. The molecule has 0 saturated heterocycles. The minimum atomic E-state index is -0.470. The number of ketones is 2. The molecule has 0 unspecified atom stereocenters. The van der Waals surface area contributed by atoms with Gasteiger partial charge in [0.25, 0.3) is 0 Å². The Balaban J connectivity index is 1.46. The van der Waals surface area contributed by atoms with Gasteiger partial charge in [-0.1, -0.05) is 51.1 Å². The van der Waals surface area contributed by atoms with Gasteiger partial charge in [-0.3, -0.25) is 24.0 Å². The summed E-state index contributed by atoms with van der Waals surface area (Å²) in [6.45, 7) is 10.9. The number of Topliss-reactive ketones (excluding diaryl/α,β-unsaturated/α-hetero) is 2. The average molecular weight is 609 g/mol. The van der Waals surface area contributed by atoms with Gasteiger partial charge in [0.05, 0.1) is 0 Å². The summed E-state index contributed by atoms with van der Waals surface area (Å²) in [5, 5.41) is 0. The average Bonchev–Trinajstić information content (AvgIpc) is 3.31. The Hall–Kier alpha value is -3.03. The maximum atomic E-state index is 13.2. The fraction of sp³-hybridized carbons (Fsp3) is 0.694. The van der Waals surface area contributed by atoms with E-state index in [2.05, 4.69) is 13.8 Å². The van der Waals surface area contributed by atoms with Crippen molar-refractivity contribution in [3.8, 4) is 0 Å². The summed E-state index contributed by atoms with van der Waals surface area (Å²) in [6, 6.07) is 8.67. The second kappa shape index (κ2) is 12.4. The van der Waals surface area contributed by atoms with Crippen molar-refractivity contribution in [2.75, 3.05) is 0 Å². The van der Waals surface area contributed by atoms with E-state index in [1.54, 1.807) is 24.3 Å². The zero-order chi connectivity index (χ0) is 32.0. The smallest absolute Gasteiger partial charge is 0.302 e. The molecule has 4 aliphatic carbocycles. The van der Waals surface area contributed by atoms with Gasteiger partial charge in [-0.2, -0.15) is 0 Å². The molecule has 44 heavy (non-hydrogen) atoms. The number of hydrogen-bond donors (Lipinski definition) is 0. The normalized spacial score (nSPS) is 38.2. The first-order valence-electron chi connectivity index (χ1n) is 16.4. The monoisotopic (exact) mass is 608 g/mol. The molecule has 0 heterocycles. The van der Waals surface area contributed by atoms with E-state index in [0.717, 1.165) is 32.1 Å². The predicted molar refractivity (Wildman–Crippen MR) is 162 cm³/mol. The molecule has 8 heteroatoms. The third-order valence-corrected chi connectivity index (χ3v) is 12.2. The number of fused-ring (bicyclic) bond motifs is 5. The van der Waals surface area contributed by atoms with E-state index in [-0.39, 0.29) is 83.6 Å². The zero-order valence-corrected chi connectivity index (χ0v) is 27.0. The van der Waals surface area contributed by atoms with Crippen molar-refractivity contribution in [2.24, 2.45) is 46.3 Å². The van der Waals surface area contributed by atoms with Crippen molar-refractivity contribution in [1.29, 1.82) is 0 Å². The van der Waals surface area contributed by atoms with Gasteiger partial charge in [-0.25, -0.2) is 0 Å². The van der Waals surface area contributed by atoms with E-state index < -0.39 is 17.0 Å². The van der Waals surface area contributed by atoms with Crippen LogP contribution in [0.4, 0.5) is 0 Å². The van der Waals surface area contributed by atoms with Gasteiger partial charge in [-0.05, 0) is 80.0 Å². The molecular weight excluding hydrogens is 560 g/mol. The summed E-state index contributed by atoms with van der Waals surface area (Å²) in [7, 11) is 0. The van der Waals surface area contributed by atoms with Gasteiger partial charge >= 0.3 is 17.9 Å². The lowest BCUT2D eigenvalue weighted by Crippen LogP contribution is -2.63. The number of hydrogen-bond acceptors (Lipinski definition) is 8. The summed E-state index contributed by atoms with van der Waals surface area (Å²) in [5.41, 5.74) is -0.130. The highest BCUT2D eigenvalue weighted by molar-refractivity contribution is 6.43. The number of esters is 3. The Labute approximate surface area is 261 Å². The van der Waals surface area contributed by atoms with Crippen LogP contribution >= 0.6 is 0 Å². The molecular formula is C36H48O8. The number of rotatable bonds is 8. The Morgan fingerprint density at radius 3 is 2.11 bits per heavy atom. The molecule has 0 N–H and O–H groups in total. The second-order valence-corrected chi connectivity index (χ2v) is 14.6. The Morgan fingerprint density at radius 2 is 1.48 bits per heavy atom. The lowest BCUT2D eigenvalue weighted by atomic mass is 9.43. The van der Waals surface area contributed by atoms with Crippen LogP contribution < -0.4 is 0 Å². The molecule has 4 fully saturated rings. The van der Waals surface area contributed by atoms with E-state index in [1.165, 1.54) is 20.8 Å². The summed E-state index contributed by atoms with van der Waals surface area (Å²) < 4.78 is 18.0. The lowest BCUT2D eigenvalue weighted by molar-refractivity contribution is -0.224.